The van der Waals surface area contributed by atoms with Gasteiger partial charge in [0.25, 0.3) is 0 Å². The summed E-state index contributed by atoms with van der Waals surface area (Å²) in [5, 5.41) is 11.7. The van der Waals surface area contributed by atoms with Crippen LogP contribution in [0.3, 0.4) is 0 Å². The molecule has 1 atom stereocenters. The van der Waals surface area contributed by atoms with Gasteiger partial charge in [-0.15, -0.1) is 0 Å². The number of carbonyl (C=O) groups excluding carboxylic acids is 1. The predicted octanol–water partition coefficient (Wildman–Crippen LogP) is 1.31. The molecular formula is C15H20N4O. The lowest BCUT2D eigenvalue weighted by Gasteiger charge is -2.34. The molecule has 0 radical (unpaired) electrons. The summed E-state index contributed by atoms with van der Waals surface area (Å²) >= 11 is 0. The van der Waals surface area contributed by atoms with Gasteiger partial charge in [-0.25, -0.2) is 0 Å². The largest absolute Gasteiger partial charge is 0.329 e. The fraction of sp³-hybridized carbons (Fsp3) is 0.467. The summed E-state index contributed by atoms with van der Waals surface area (Å²) in [6.07, 6.45) is 3.37. The Kier molecular flexibility index (Phi) is 5.10. The molecule has 106 valence electrons. The first-order valence-corrected chi connectivity index (χ1v) is 6.97. The highest BCUT2D eigenvalue weighted by atomic mass is 16.2. The van der Waals surface area contributed by atoms with Crippen LogP contribution < -0.4 is 11.1 Å². The summed E-state index contributed by atoms with van der Waals surface area (Å²) in [4.78, 5) is 14.2. The highest BCUT2D eigenvalue weighted by Crippen LogP contribution is 2.16. The molecule has 1 aromatic carbocycles. The van der Waals surface area contributed by atoms with E-state index in [1.807, 2.05) is 0 Å². The molecule has 5 nitrogen and oxygen atoms in total. The second-order valence-electron chi connectivity index (χ2n) is 5.10. The normalized spacial score (nSPS) is 19.3. The summed E-state index contributed by atoms with van der Waals surface area (Å²) in [7, 11) is 0. The molecule has 0 spiro atoms. The summed E-state index contributed by atoms with van der Waals surface area (Å²) in [5.74, 6) is -0.0551. The highest BCUT2D eigenvalue weighted by molar-refractivity contribution is 5.92. The SMILES string of the molecule is N#Cc1cccc(NC(=O)CN2CCCCC2CN)c1. The van der Waals surface area contributed by atoms with Crippen molar-refractivity contribution in [2.24, 2.45) is 5.73 Å². The number of carbonyl (C=O) groups is 1. The maximum atomic E-state index is 12.1. The number of likely N-dealkylation sites (tertiary alicyclic amines) is 1. The van der Waals surface area contributed by atoms with Crippen molar-refractivity contribution in [3.05, 3.63) is 29.8 Å². The Bertz CT molecular complexity index is 509. The Morgan fingerprint density at radius 1 is 1.50 bits per heavy atom. The molecule has 1 heterocycles. The molecule has 1 amide bonds. The molecule has 3 N–H and O–H groups in total. The Labute approximate surface area is 119 Å². The number of hydrogen-bond donors (Lipinski definition) is 2. The summed E-state index contributed by atoms with van der Waals surface area (Å²) in [6, 6.07) is 9.30. The lowest BCUT2D eigenvalue weighted by atomic mass is 10.0. The van der Waals surface area contributed by atoms with Crippen LogP contribution in [-0.4, -0.2) is 36.5 Å². The molecular weight excluding hydrogens is 252 g/mol. The Hall–Kier alpha value is -1.90. The molecule has 0 bridgehead atoms. The van der Waals surface area contributed by atoms with Crippen LogP contribution in [0.25, 0.3) is 0 Å². The van der Waals surface area contributed by atoms with Gasteiger partial charge in [0.2, 0.25) is 5.91 Å². The summed E-state index contributed by atoms with van der Waals surface area (Å²) in [5.41, 5.74) is 6.96. The van der Waals surface area contributed by atoms with Gasteiger partial charge in [0, 0.05) is 18.3 Å². The van der Waals surface area contributed by atoms with Crippen LogP contribution in [0.4, 0.5) is 5.69 Å². The van der Waals surface area contributed by atoms with E-state index in [9.17, 15) is 4.79 Å². The van der Waals surface area contributed by atoms with Crippen molar-refractivity contribution in [3.8, 4) is 6.07 Å². The third kappa shape index (κ3) is 3.80. The first-order chi connectivity index (χ1) is 9.72. The maximum absolute atomic E-state index is 12.1. The second-order valence-corrected chi connectivity index (χ2v) is 5.10. The van der Waals surface area contributed by atoms with Gasteiger partial charge in [-0.05, 0) is 37.6 Å². The van der Waals surface area contributed by atoms with Crippen LogP contribution >= 0.6 is 0 Å². The number of hydrogen-bond acceptors (Lipinski definition) is 4. The number of nitrogens with one attached hydrogen (secondary N) is 1. The second kappa shape index (κ2) is 7.04. The van der Waals surface area contributed by atoms with Gasteiger partial charge in [0.1, 0.15) is 0 Å². The first kappa shape index (κ1) is 14.5. The average Bonchev–Trinajstić information content (AvgIpc) is 2.48. The smallest absolute Gasteiger partial charge is 0.238 e. The van der Waals surface area contributed by atoms with Gasteiger partial charge in [-0.2, -0.15) is 5.26 Å². The minimum absolute atomic E-state index is 0.0551. The number of anilines is 1. The molecule has 1 aliphatic rings. The molecule has 1 aliphatic heterocycles. The lowest BCUT2D eigenvalue weighted by Crippen LogP contribution is -2.47. The van der Waals surface area contributed by atoms with Crippen molar-refractivity contribution in [3.63, 3.8) is 0 Å². The Morgan fingerprint density at radius 3 is 3.10 bits per heavy atom. The molecule has 1 aromatic rings. The van der Waals surface area contributed by atoms with Crippen LogP contribution in [0.1, 0.15) is 24.8 Å². The van der Waals surface area contributed by atoms with Crippen molar-refractivity contribution >= 4 is 11.6 Å². The Morgan fingerprint density at radius 2 is 2.35 bits per heavy atom. The Balaban J connectivity index is 1.93. The van der Waals surface area contributed by atoms with Gasteiger partial charge >= 0.3 is 0 Å². The number of benzene rings is 1. The van der Waals surface area contributed by atoms with E-state index in [-0.39, 0.29) is 5.91 Å². The lowest BCUT2D eigenvalue weighted by molar-refractivity contribution is -0.118. The van der Waals surface area contributed by atoms with Crippen LogP contribution in [0.15, 0.2) is 24.3 Å². The number of rotatable bonds is 4. The minimum Gasteiger partial charge on any atom is -0.329 e. The summed E-state index contributed by atoms with van der Waals surface area (Å²) < 4.78 is 0. The fourth-order valence-electron chi connectivity index (χ4n) is 2.59. The number of nitrogens with zero attached hydrogens (tertiary/aromatic N) is 2. The predicted molar refractivity (Wildman–Crippen MR) is 78.1 cm³/mol. The van der Waals surface area contributed by atoms with Crippen LogP contribution in [0.2, 0.25) is 0 Å². The summed E-state index contributed by atoms with van der Waals surface area (Å²) in [6.45, 7) is 1.88. The van der Waals surface area contributed by atoms with Crippen LogP contribution in [-0.2, 0) is 4.79 Å². The molecule has 0 aromatic heterocycles. The van der Waals surface area contributed by atoms with E-state index in [2.05, 4.69) is 16.3 Å². The number of amides is 1. The monoisotopic (exact) mass is 272 g/mol. The van der Waals surface area contributed by atoms with Crippen molar-refractivity contribution in [1.29, 1.82) is 5.26 Å². The zero-order valence-corrected chi connectivity index (χ0v) is 11.5. The van der Waals surface area contributed by atoms with E-state index in [1.54, 1.807) is 24.3 Å². The van der Waals surface area contributed by atoms with E-state index in [0.717, 1.165) is 19.4 Å². The van der Waals surface area contributed by atoms with E-state index >= 15 is 0 Å². The molecule has 2 rings (SSSR count). The topological polar surface area (TPSA) is 82.2 Å². The molecule has 1 saturated heterocycles. The maximum Gasteiger partial charge on any atom is 0.238 e. The van der Waals surface area contributed by atoms with Crippen LogP contribution in [0, 0.1) is 11.3 Å². The number of nitriles is 1. The van der Waals surface area contributed by atoms with Gasteiger partial charge < -0.3 is 11.1 Å². The van der Waals surface area contributed by atoms with Crippen molar-refractivity contribution in [2.75, 3.05) is 25.0 Å². The van der Waals surface area contributed by atoms with Gasteiger partial charge in [-0.3, -0.25) is 9.69 Å². The van der Waals surface area contributed by atoms with Crippen molar-refractivity contribution in [2.45, 2.75) is 25.3 Å². The van der Waals surface area contributed by atoms with Crippen LogP contribution in [0.5, 0.6) is 0 Å². The zero-order chi connectivity index (χ0) is 14.4. The molecule has 20 heavy (non-hydrogen) atoms. The molecule has 0 saturated carbocycles. The average molecular weight is 272 g/mol. The van der Waals surface area contributed by atoms with Gasteiger partial charge in [-0.1, -0.05) is 12.5 Å². The third-order valence-electron chi connectivity index (χ3n) is 3.64. The fourth-order valence-corrected chi connectivity index (χ4v) is 2.59. The van der Waals surface area contributed by atoms with Crippen molar-refractivity contribution < 1.29 is 4.79 Å². The van der Waals surface area contributed by atoms with E-state index in [0.29, 0.717) is 30.4 Å². The quantitative estimate of drug-likeness (QED) is 0.865. The molecule has 5 heteroatoms. The number of nitrogens with two attached hydrogens (primary N) is 1. The van der Waals surface area contributed by atoms with Gasteiger partial charge in [0.05, 0.1) is 18.2 Å². The van der Waals surface area contributed by atoms with E-state index in [4.69, 9.17) is 11.0 Å². The van der Waals surface area contributed by atoms with Gasteiger partial charge in [0.15, 0.2) is 0 Å². The molecule has 1 unspecified atom stereocenters. The standard InChI is InChI=1S/C15H20N4O/c16-9-12-4-3-5-13(8-12)18-15(20)11-19-7-2-1-6-14(19)10-17/h3-5,8,14H,1-2,6-7,10-11,17H2,(H,18,20). The highest BCUT2D eigenvalue weighted by Gasteiger charge is 2.22. The zero-order valence-electron chi connectivity index (χ0n) is 11.5. The van der Waals surface area contributed by atoms with E-state index < -0.39 is 0 Å². The minimum atomic E-state index is -0.0551. The first-order valence-electron chi connectivity index (χ1n) is 6.97. The molecule has 0 aliphatic carbocycles. The van der Waals surface area contributed by atoms with E-state index in [1.165, 1.54) is 6.42 Å². The number of piperidine rings is 1. The third-order valence-corrected chi connectivity index (χ3v) is 3.64. The molecule has 1 fully saturated rings. The van der Waals surface area contributed by atoms with Crippen molar-refractivity contribution in [1.82, 2.24) is 4.90 Å².